The first-order valence-corrected chi connectivity index (χ1v) is 9.50. The van der Waals surface area contributed by atoms with Crippen LogP contribution in [0.5, 0.6) is 5.75 Å². The summed E-state index contributed by atoms with van der Waals surface area (Å²) >= 11 is 0. The third-order valence-corrected chi connectivity index (χ3v) is 4.48. The van der Waals surface area contributed by atoms with Crippen molar-refractivity contribution >= 4 is 17.5 Å². The number of nitrogens with zero attached hydrogens (tertiary/aromatic N) is 1. The van der Waals surface area contributed by atoms with Gasteiger partial charge >= 0.3 is 0 Å². The Morgan fingerprint density at radius 3 is 2.14 bits per heavy atom. The van der Waals surface area contributed by atoms with Crippen molar-refractivity contribution in [1.29, 1.82) is 0 Å². The monoisotopic (exact) mass is 388 g/mol. The van der Waals surface area contributed by atoms with Gasteiger partial charge in [0.15, 0.2) is 0 Å². The quantitative estimate of drug-likeness (QED) is 0.633. The summed E-state index contributed by atoms with van der Waals surface area (Å²) in [7, 11) is 1.75. The minimum atomic E-state index is -0.0788. The minimum Gasteiger partial charge on any atom is -0.493 e. The van der Waals surface area contributed by atoms with Crippen LogP contribution in [0.25, 0.3) is 0 Å². The molecule has 0 heterocycles. The van der Waals surface area contributed by atoms with E-state index in [2.05, 4.69) is 5.32 Å². The lowest BCUT2D eigenvalue weighted by atomic mass is 10.1. The molecule has 0 aromatic heterocycles. The molecule has 0 fully saturated rings. The molecule has 0 saturated carbocycles. The van der Waals surface area contributed by atoms with Gasteiger partial charge in [0, 0.05) is 24.8 Å². The lowest BCUT2D eigenvalue weighted by Crippen LogP contribution is -2.26. The van der Waals surface area contributed by atoms with Crippen LogP contribution in [-0.4, -0.2) is 25.5 Å². The van der Waals surface area contributed by atoms with E-state index in [0.717, 1.165) is 17.0 Å². The van der Waals surface area contributed by atoms with Crippen LogP contribution in [0, 0.1) is 0 Å². The van der Waals surface area contributed by atoms with E-state index in [9.17, 15) is 9.59 Å². The predicted octanol–water partition coefficient (Wildman–Crippen LogP) is 4.05. The topological polar surface area (TPSA) is 58.6 Å². The van der Waals surface area contributed by atoms with Gasteiger partial charge in [-0.15, -0.1) is 0 Å². The van der Waals surface area contributed by atoms with Crippen LogP contribution >= 0.6 is 0 Å². The zero-order valence-corrected chi connectivity index (χ0v) is 16.4. The van der Waals surface area contributed by atoms with E-state index < -0.39 is 0 Å². The van der Waals surface area contributed by atoms with Crippen molar-refractivity contribution in [3.63, 3.8) is 0 Å². The summed E-state index contributed by atoms with van der Waals surface area (Å²) in [5.41, 5.74) is 2.37. The van der Waals surface area contributed by atoms with Gasteiger partial charge in [-0.1, -0.05) is 48.5 Å². The largest absolute Gasteiger partial charge is 0.493 e. The van der Waals surface area contributed by atoms with Gasteiger partial charge in [-0.05, 0) is 42.0 Å². The van der Waals surface area contributed by atoms with Crippen LogP contribution in [0.4, 0.5) is 5.69 Å². The van der Waals surface area contributed by atoms with Crippen molar-refractivity contribution in [2.24, 2.45) is 0 Å². The number of carbonyl (C=O) groups excluding carboxylic acids is 2. The number of nitrogens with one attached hydrogen (secondary N) is 1. The summed E-state index contributed by atoms with van der Waals surface area (Å²) in [6.07, 6.45) is 0.285. The molecule has 148 valence electrons. The van der Waals surface area contributed by atoms with Crippen molar-refractivity contribution < 1.29 is 14.3 Å². The number of hydrogen-bond acceptors (Lipinski definition) is 3. The second kappa shape index (κ2) is 10.1. The number of anilines is 1. The van der Waals surface area contributed by atoms with Crippen molar-refractivity contribution in [1.82, 2.24) is 5.32 Å². The van der Waals surface area contributed by atoms with Crippen molar-refractivity contribution in [3.05, 3.63) is 96.1 Å². The van der Waals surface area contributed by atoms with E-state index in [1.54, 1.807) is 24.1 Å². The lowest BCUT2D eigenvalue weighted by molar-refractivity contribution is -0.121. The molecule has 0 aliphatic heterocycles. The number of rotatable bonds is 8. The Balaban J connectivity index is 1.45. The molecule has 1 N–H and O–H groups in total. The number of carbonyl (C=O) groups is 2. The van der Waals surface area contributed by atoms with Gasteiger partial charge in [0.05, 0.1) is 13.0 Å². The first-order valence-electron chi connectivity index (χ1n) is 9.50. The molecule has 5 heteroatoms. The highest BCUT2D eigenvalue weighted by Gasteiger charge is 2.13. The molecule has 3 rings (SSSR count). The Labute approximate surface area is 170 Å². The van der Waals surface area contributed by atoms with Crippen LogP contribution in [-0.2, 0) is 11.3 Å². The fourth-order valence-corrected chi connectivity index (χ4v) is 2.80. The third-order valence-electron chi connectivity index (χ3n) is 4.48. The van der Waals surface area contributed by atoms with Gasteiger partial charge in [-0.2, -0.15) is 0 Å². The molecule has 0 spiro atoms. The molecule has 0 aliphatic carbocycles. The first-order chi connectivity index (χ1) is 14.1. The Kier molecular flexibility index (Phi) is 7.00. The predicted molar refractivity (Wildman–Crippen MR) is 114 cm³/mol. The molecule has 3 aromatic rings. The average molecular weight is 388 g/mol. The Morgan fingerprint density at radius 2 is 1.48 bits per heavy atom. The first kappa shape index (κ1) is 20.1. The molecule has 3 aromatic carbocycles. The number of para-hydroxylation sites is 2. The average Bonchev–Trinajstić information content (AvgIpc) is 2.78. The Morgan fingerprint density at radius 1 is 0.862 bits per heavy atom. The van der Waals surface area contributed by atoms with Gasteiger partial charge in [0.1, 0.15) is 5.75 Å². The molecule has 0 atom stereocenters. The molecular weight excluding hydrogens is 364 g/mol. The van der Waals surface area contributed by atoms with Gasteiger partial charge in [-0.25, -0.2) is 0 Å². The molecule has 0 unspecified atom stereocenters. The van der Waals surface area contributed by atoms with Crippen LogP contribution in [0.1, 0.15) is 22.3 Å². The number of hydrogen-bond donors (Lipinski definition) is 1. The zero-order valence-electron chi connectivity index (χ0n) is 16.4. The standard InChI is InChI=1S/C24H24N2O3/c1-26(21-8-4-2-5-9-21)24(28)20-14-12-19(13-15-20)18-25-23(27)16-17-29-22-10-6-3-7-11-22/h2-15H,16-18H2,1H3,(H,25,27). The Hall–Kier alpha value is -3.60. The highest BCUT2D eigenvalue weighted by Crippen LogP contribution is 2.15. The Bertz CT molecular complexity index is 925. The summed E-state index contributed by atoms with van der Waals surface area (Å²) in [5, 5.41) is 2.87. The lowest BCUT2D eigenvalue weighted by Gasteiger charge is -2.17. The van der Waals surface area contributed by atoms with E-state index in [1.165, 1.54) is 0 Å². The van der Waals surface area contributed by atoms with E-state index in [0.29, 0.717) is 18.7 Å². The van der Waals surface area contributed by atoms with Gasteiger partial charge in [0.25, 0.3) is 5.91 Å². The zero-order chi connectivity index (χ0) is 20.5. The number of ether oxygens (including phenoxy) is 1. The summed E-state index contributed by atoms with van der Waals surface area (Å²) in [6.45, 7) is 0.738. The van der Waals surface area contributed by atoms with Crippen LogP contribution < -0.4 is 15.0 Å². The maximum absolute atomic E-state index is 12.6. The summed E-state index contributed by atoms with van der Waals surface area (Å²) in [5.74, 6) is 0.593. The molecule has 0 aliphatic rings. The van der Waals surface area contributed by atoms with Gasteiger partial charge < -0.3 is 15.0 Å². The van der Waals surface area contributed by atoms with E-state index in [1.807, 2.05) is 72.8 Å². The maximum atomic E-state index is 12.6. The minimum absolute atomic E-state index is 0.0788. The van der Waals surface area contributed by atoms with Crippen molar-refractivity contribution in [2.45, 2.75) is 13.0 Å². The molecule has 29 heavy (non-hydrogen) atoms. The van der Waals surface area contributed by atoms with Crippen molar-refractivity contribution in [3.8, 4) is 5.75 Å². The highest BCUT2D eigenvalue weighted by molar-refractivity contribution is 6.05. The third kappa shape index (κ3) is 5.94. The fourth-order valence-electron chi connectivity index (χ4n) is 2.80. The second-order valence-electron chi connectivity index (χ2n) is 6.58. The molecular formula is C24H24N2O3. The SMILES string of the molecule is CN(C(=O)c1ccc(CNC(=O)CCOc2ccccc2)cc1)c1ccccc1. The molecule has 2 amide bonds. The summed E-state index contributed by atoms with van der Waals surface area (Å²) in [6, 6.07) is 26.2. The van der Waals surface area contributed by atoms with Crippen LogP contribution in [0.15, 0.2) is 84.9 Å². The van der Waals surface area contributed by atoms with E-state index in [4.69, 9.17) is 4.74 Å². The molecule has 0 bridgehead atoms. The molecule has 0 saturated heterocycles. The number of amides is 2. The highest BCUT2D eigenvalue weighted by atomic mass is 16.5. The maximum Gasteiger partial charge on any atom is 0.258 e. The second-order valence-corrected chi connectivity index (χ2v) is 6.58. The smallest absolute Gasteiger partial charge is 0.258 e. The van der Waals surface area contributed by atoms with Crippen LogP contribution in [0.2, 0.25) is 0 Å². The summed E-state index contributed by atoms with van der Waals surface area (Å²) < 4.78 is 5.53. The summed E-state index contributed by atoms with van der Waals surface area (Å²) in [4.78, 5) is 26.2. The molecule has 5 nitrogen and oxygen atoms in total. The van der Waals surface area contributed by atoms with E-state index >= 15 is 0 Å². The van der Waals surface area contributed by atoms with Crippen LogP contribution in [0.3, 0.4) is 0 Å². The van der Waals surface area contributed by atoms with Gasteiger partial charge in [-0.3, -0.25) is 9.59 Å². The molecule has 0 radical (unpaired) electrons. The fraction of sp³-hybridized carbons (Fsp3) is 0.167. The van der Waals surface area contributed by atoms with Gasteiger partial charge in [0.2, 0.25) is 5.91 Å². The van der Waals surface area contributed by atoms with Crippen molar-refractivity contribution in [2.75, 3.05) is 18.6 Å². The normalized spacial score (nSPS) is 10.2. The number of benzene rings is 3. The van der Waals surface area contributed by atoms with E-state index in [-0.39, 0.29) is 18.2 Å².